The van der Waals surface area contributed by atoms with Crippen molar-refractivity contribution in [3.63, 3.8) is 0 Å². The summed E-state index contributed by atoms with van der Waals surface area (Å²) in [7, 11) is 0. The predicted molar refractivity (Wildman–Crippen MR) is 128 cm³/mol. The highest BCUT2D eigenvalue weighted by atomic mass is 16.6. The molecule has 0 aliphatic carbocycles. The van der Waals surface area contributed by atoms with Crippen molar-refractivity contribution in [3.05, 3.63) is 59.7 Å². The van der Waals surface area contributed by atoms with Crippen molar-refractivity contribution < 1.29 is 28.6 Å². The second kappa shape index (κ2) is 13.6. The van der Waals surface area contributed by atoms with Crippen molar-refractivity contribution in [1.29, 1.82) is 0 Å². The minimum absolute atomic E-state index is 0.150. The molecule has 0 heterocycles. The first kappa shape index (κ1) is 26.4. The molecule has 2 aromatic rings. The Morgan fingerprint density at radius 2 is 1.71 bits per heavy atom. The lowest BCUT2D eigenvalue weighted by Gasteiger charge is -2.20. The van der Waals surface area contributed by atoms with Crippen LogP contribution in [0, 0.1) is 5.92 Å². The molecule has 0 saturated heterocycles. The van der Waals surface area contributed by atoms with Crippen LogP contribution in [0.25, 0.3) is 0 Å². The number of ether oxygens (including phenoxy) is 3. The van der Waals surface area contributed by atoms with Gasteiger partial charge >= 0.3 is 5.97 Å². The van der Waals surface area contributed by atoms with Crippen LogP contribution in [0.4, 0.5) is 0 Å². The molecule has 1 atom stereocenters. The van der Waals surface area contributed by atoms with Crippen molar-refractivity contribution in [2.24, 2.45) is 11.0 Å². The van der Waals surface area contributed by atoms with E-state index < -0.39 is 17.9 Å². The zero-order valence-electron chi connectivity index (χ0n) is 19.9. The molecule has 1 unspecified atom stereocenters. The lowest BCUT2D eigenvalue weighted by molar-refractivity contribution is -0.145. The molecule has 0 spiro atoms. The standard InChI is InChI=1S/C25H31N3O6/c1-5-32-21-14-18(12-13-20(21)34-16-22(29)33-6-2)15-26-28-25(31)23(17(3)4)27-24(30)19-10-8-7-9-11-19/h7-15,17,23H,5-6,16H2,1-4H3,(H,27,30)(H,28,31)/b26-15+. The second-order valence-corrected chi connectivity index (χ2v) is 7.53. The number of carbonyl (C=O) groups excluding carboxylic acids is 3. The molecular weight excluding hydrogens is 438 g/mol. The van der Waals surface area contributed by atoms with Crippen molar-refractivity contribution in [2.45, 2.75) is 33.7 Å². The number of esters is 1. The van der Waals surface area contributed by atoms with Crippen LogP contribution in [0.15, 0.2) is 53.6 Å². The Kier molecular flexibility index (Phi) is 10.6. The van der Waals surface area contributed by atoms with Gasteiger partial charge in [-0.25, -0.2) is 10.2 Å². The van der Waals surface area contributed by atoms with Crippen LogP contribution in [0.2, 0.25) is 0 Å². The quantitative estimate of drug-likeness (QED) is 0.281. The Bertz CT molecular complexity index is 991. The molecule has 34 heavy (non-hydrogen) atoms. The number of nitrogens with one attached hydrogen (secondary N) is 2. The molecule has 0 fully saturated rings. The Morgan fingerprint density at radius 3 is 2.35 bits per heavy atom. The summed E-state index contributed by atoms with van der Waals surface area (Å²) in [6, 6.07) is 13.0. The van der Waals surface area contributed by atoms with E-state index in [1.165, 1.54) is 6.21 Å². The molecular formula is C25H31N3O6. The van der Waals surface area contributed by atoms with Gasteiger partial charge in [-0.3, -0.25) is 9.59 Å². The Balaban J connectivity index is 2.02. The highest BCUT2D eigenvalue weighted by molar-refractivity contribution is 5.97. The van der Waals surface area contributed by atoms with E-state index in [1.54, 1.807) is 49.4 Å². The summed E-state index contributed by atoms with van der Waals surface area (Å²) < 4.78 is 15.9. The van der Waals surface area contributed by atoms with Gasteiger partial charge in [-0.2, -0.15) is 5.10 Å². The number of amides is 2. The van der Waals surface area contributed by atoms with E-state index in [4.69, 9.17) is 14.2 Å². The van der Waals surface area contributed by atoms with E-state index in [9.17, 15) is 14.4 Å². The number of hydrogen-bond acceptors (Lipinski definition) is 7. The van der Waals surface area contributed by atoms with Crippen molar-refractivity contribution >= 4 is 24.0 Å². The van der Waals surface area contributed by atoms with E-state index in [2.05, 4.69) is 15.8 Å². The van der Waals surface area contributed by atoms with Gasteiger partial charge in [0, 0.05) is 5.56 Å². The molecule has 0 aliphatic heterocycles. The number of nitrogens with zero attached hydrogens (tertiary/aromatic N) is 1. The predicted octanol–water partition coefficient (Wildman–Crippen LogP) is 2.93. The molecule has 2 aromatic carbocycles. The number of hydrogen-bond donors (Lipinski definition) is 2. The number of carbonyl (C=O) groups is 3. The van der Waals surface area contributed by atoms with Gasteiger partial charge < -0.3 is 19.5 Å². The van der Waals surface area contributed by atoms with E-state index in [1.807, 2.05) is 26.8 Å². The number of rotatable bonds is 12. The highest BCUT2D eigenvalue weighted by Gasteiger charge is 2.24. The smallest absolute Gasteiger partial charge is 0.344 e. The number of benzene rings is 2. The first-order chi connectivity index (χ1) is 16.3. The monoisotopic (exact) mass is 469 g/mol. The summed E-state index contributed by atoms with van der Waals surface area (Å²) in [4.78, 5) is 36.6. The van der Waals surface area contributed by atoms with Crippen molar-refractivity contribution in [3.8, 4) is 11.5 Å². The van der Waals surface area contributed by atoms with Gasteiger partial charge in [0.25, 0.3) is 11.8 Å². The molecule has 2 rings (SSSR count). The highest BCUT2D eigenvalue weighted by Crippen LogP contribution is 2.28. The summed E-state index contributed by atoms with van der Waals surface area (Å²) in [5.74, 6) is -0.578. The fourth-order valence-electron chi connectivity index (χ4n) is 2.92. The normalized spacial score (nSPS) is 11.7. The summed E-state index contributed by atoms with van der Waals surface area (Å²) in [5, 5.41) is 6.76. The molecule has 182 valence electrons. The lowest BCUT2D eigenvalue weighted by atomic mass is 10.0. The van der Waals surface area contributed by atoms with Crippen LogP contribution < -0.4 is 20.2 Å². The molecule has 9 nitrogen and oxygen atoms in total. The summed E-state index contributed by atoms with van der Waals surface area (Å²) >= 11 is 0. The molecule has 2 N–H and O–H groups in total. The van der Waals surface area contributed by atoms with Crippen LogP contribution in [0.5, 0.6) is 11.5 Å². The molecule has 2 amide bonds. The molecule has 9 heteroatoms. The van der Waals surface area contributed by atoms with Gasteiger partial charge in [-0.15, -0.1) is 0 Å². The van der Waals surface area contributed by atoms with Crippen LogP contribution in [0.3, 0.4) is 0 Å². The van der Waals surface area contributed by atoms with Crippen molar-refractivity contribution in [2.75, 3.05) is 19.8 Å². The van der Waals surface area contributed by atoms with Crippen LogP contribution in [0.1, 0.15) is 43.6 Å². The van der Waals surface area contributed by atoms with E-state index in [0.717, 1.165) is 0 Å². The van der Waals surface area contributed by atoms with Gasteiger partial charge in [0.05, 0.1) is 19.4 Å². The van der Waals surface area contributed by atoms with Crippen LogP contribution in [-0.2, 0) is 14.3 Å². The summed E-state index contributed by atoms with van der Waals surface area (Å²) in [6.45, 7) is 7.65. The average molecular weight is 470 g/mol. The summed E-state index contributed by atoms with van der Waals surface area (Å²) in [5.41, 5.74) is 3.58. The van der Waals surface area contributed by atoms with Crippen molar-refractivity contribution in [1.82, 2.24) is 10.7 Å². The first-order valence-corrected chi connectivity index (χ1v) is 11.1. The SMILES string of the molecule is CCOC(=O)COc1ccc(/C=N/NC(=O)C(NC(=O)c2ccccc2)C(C)C)cc1OCC. The van der Waals surface area contributed by atoms with E-state index in [0.29, 0.717) is 29.2 Å². The van der Waals surface area contributed by atoms with Gasteiger partial charge in [0.15, 0.2) is 18.1 Å². The topological polar surface area (TPSA) is 115 Å². The maximum atomic E-state index is 12.6. The van der Waals surface area contributed by atoms with Gasteiger partial charge in [-0.05, 0) is 55.7 Å². The minimum atomic E-state index is -0.762. The number of hydrazone groups is 1. The molecule has 0 aromatic heterocycles. The Hall–Kier alpha value is -3.88. The summed E-state index contributed by atoms with van der Waals surface area (Å²) in [6.07, 6.45) is 1.45. The third kappa shape index (κ3) is 8.23. The molecule has 0 aliphatic rings. The van der Waals surface area contributed by atoms with Crippen LogP contribution in [-0.4, -0.2) is 49.9 Å². The second-order valence-electron chi connectivity index (χ2n) is 7.53. The van der Waals surface area contributed by atoms with Gasteiger partial charge in [0.1, 0.15) is 6.04 Å². The maximum Gasteiger partial charge on any atom is 0.344 e. The van der Waals surface area contributed by atoms with E-state index in [-0.39, 0.29) is 25.0 Å². The fourth-order valence-corrected chi connectivity index (χ4v) is 2.92. The molecule has 0 saturated carbocycles. The third-order valence-electron chi connectivity index (χ3n) is 4.58. The van der Waals surface area contributed by atoms with E-state index >= 15 is 0 Å². The maximum absolute atomic E-state index is 12.6. The minimum Gasteiger partial charge on any atom is -0.490 e. The largest absolute Gasteiger partial charge is 0.490 e. The molecule has 0 radical (unpaired) electrons. The molecule has 0 bridgehead atoms. The third-order valence-corrected chi connectivity index (χ3v) is 4.58. The van der Waals surface area contributed by atoms with Gasteiger partial charge in [-0.1, -0.05) is 32.0 Å². The lowest BCUT2D eigenvalue weighted by Crippen LogP contribution is -2.48. The Morgan fingerprint density at radius 1 is 0.971 bits per heavy atom. The van der Waals surface area contributed by atoms with Gasteiger partial charge in [0.2, 0.25) is 0 Å². The van der Waals surface area contributed by atoms with Crippen LogP contribution >= 0.6 is 0 Å². The zero-order valence-corrected chi connectivity index (χ0v) is 19.9. The zero-order chi connectivity index (χ0) is 24.9. The average Bonchev–Trinajstić information content (AvgIpc) is 2.82. The Labute approximate surface area is 199 Å². The first-order valence-electron chi connectivity index (χ1n) is 11.1. The fraction of sp³-hybridized carbons (Fsp3) is 0.360.